The summed E-state index contributed by atoms with van der Waals surface area (Å²) in [7, 11) is 2.19. The van der Waals surface area contributed by atoms with Crippen LogP contribution < -0.4 is 10.6 Å². The topological polar surface area (TPSA) is 89.4 Å². The van der Waals surface area contributed by atoms with E-state index in [1.165, 1.54) is 24.8 Å². The molecule has 5 rings (SSSR count). The first kappa shape index (κ1) is 24.4. The van der Waals surface area contributed by atoms with Crippen LogP contribution in [-0.2, 0) is 6.54 Å². The molecule has 8 nitrogen and oxygen atoms in total. The number of hydrogen-bond donors (Lipinski definition) is 3. The minimum Gasteiger partial charge on any atom is -0.393 e. The highest BCUT2D eigenvalue weighted by atomic mass is 16.3. The number of anilines is 2. The van der Waals surface area contributed by atoms with Crippen molar-refractivity contribution in [2.24, 2.45) is 5.92 Å². The summed E-state index contributed by atoms with van der Waals surface area (Å²) in [6, 6.07) is 4.95. The maximum atomic E-state index is 9.92. The fraction of sp³-hybridized carbons (Fsp3) is 0.667. The zero-order valence-corrected chi connectivity index (χ0v) is 21.3. The van der Waals surface area contributed by atoms with Gasteiger partial charge in [0.1, 0.15) is 5.82 Å². The quantitative estimate of drug-likeness (QED) is 0.503. The van der Waals surface area contributed by atoms with Gasteiger partial charge >= 0.3 is 0 Å². The summed E-state index contributed by atoms with van der Waals surface area (Å²) in [6.07, 6.45) is 11.2. The summed E-state index contributed by atoms with van der Waals surface area (Å²) in [6.45, 7) is 7.60. The van der Waals surface area contributed by atoms with Crippen molar-refractivity contribution in [1.29, 1.82) is 0 Å². The van der Waals surface area contributed by atoms with Gasteiger partial charge in [-0.3, -0.25) is 9.88 Å². The predicted molar refractivity (Wildman–Crippen MR) is 140 cm³/mol. The predicted octanol–water partition coefficient (Wildman–Crippen LogP) is 3.60. The lowest BCUT2D eigenvalue weighted by Crippen LogP contribution is -2.43. The summed E-state index contributed by atoms with van der Waals surface area (Å²) in [5.41, 5.74) is 3.06. The van der Waals surface area contributed by atoms with Crippen molar-refractivity contribution in [2.45, 2.75) is 76.6 Å². The molecule has 3 N–H and O–H groups in total. The number of hydrogen-bond acceptors (Lipinski definition) is 8. The summed E-state index contributed by atoms with van der Waals surface area (Å²) < 4.78 is 0. The van der Waals surface area contributed by atoms with Crippen LogP contribution in [0.1, 0.15) is 57.4 Å². The highest BCUT2D eigenvalue weighted by molar-refractivity contribution is 5.73. The summed E-state index contributed by atoms with van der Waals surface area (Å²) in [5.74, 6) is 2.37. The Hall–Kier alpha value is -2.29. The minimum atomic E-state index is -0.173. The van der Waals surface area contributed by atoms with Crippen LogP contribution in [0.25, 0.3) is 11.3 Å². The fourth-order valence-electron chi connectivity index (χ4n) is 5.24. The van der Waals surface area contributed by atoms with E-state index >= 15 is 0 Å². The van der Waals surface area contributed by atoms with Crippen molar-refractivity contribution in [1.82, 2.24) is 24.8 Å². The molecule has 3 heterocycles. The molecule has 3 fully saturated rings. The molecule has 2 aromatic rings. The summed E-state index contributed by atoms with van der Waals surface area (Å²) in [4.78, 5) is 19.2. The van der Waals surface area contributed by atoms with Crippen LogP contribution in [0, 0.1) is 5.92 Å². The molecule has 8 heteroatoms. The van der Waals surface area contributed by atoms with Gasteiger partial charge in [-0.15, -0.1) is 0 Å². The van der Waals surface area contributed by atoms with Crippen LogP contribution in [-0.4, -0.2) is 81.3 Å². The standard InChI is InChI=1S/C27H41N7O/c1-19(15-20-3-4-20)30-27-29-17-24(26(32-27)31-22-6-8-23(35)9-7-22)25-10-5-21(16-28-25)18-34-13-11-33(2)12-14-34/h5,10,16-17,19-20,22-23,35H,3-4,6-9,11-15,18H2,1-2H3,(H2,29,30,31,32)/t19-,22-,23-/m1/s1. The number of piperazine rings is 1. The lowest BCUT2D eigenvalue weighted by Gasteiger charge is -2.32. The number of rotatable bonds is 9. The van der Waals surface area contributed by atoms with E-state index in [1.807, 2.05) is 12.4 Å². The average Bonchev–Trinajstić information content (AvgIpc) is 3.67. The smallest absolute Gasteiger partial charge is 0.224 e. The Morgan fingerprint density at radius 1 is 1.00 bits per heavy atom. The van der Waals surface area contributed by atoms with Gasteiger partial charge in [0, 0.05) is 57.2 Å². The van der Waals surface area contributed by atoms with Gasteiger partial charge in [-0.25, -0.2) is 4.98 Å². The molecule has 0 unspecified atom stereocenters. The molecule has 1 saturated heterocycles. The van der Waals surface area contributed by atoms with E-state index in [2.05, 4.69) is 51.5 Å². The minimum absolute atomic E-state index is 0.173. The highest BCUT2D eigenvalue weighted by Crippen LogP contribution is 2.34. The van der Waals surface area contributed by atoms with Crippen molar-refractivity contribution in [2.75, 3.05) is 43.9 Å². The molecule has 35 heavy (non-hydrogen) atoms. The van der Waals surface area contributed by atoms with Crippen molar-refractivity contribution >= 4 is 11.8 Å². The molecule has 2 saturated carbocycles. The Kier molecular flexibility index (Phi) is 7.80. The number of pyridine rings is 1. The second-order valence-electron chi connectivity index (χ2n) is 11.0. The monoisotopic (exact) mass is 479 g/mol. The molecule has 3 aliphatic rings. The third kappa shape index (κ3) is 6.90. The zero-order valence-electron chi connectivity index (χ0n) is 21.3. The van der Waals surface area contributed by atoms with E-state index in [9.17, 15) is 5.11 Å². The first-order valence-corrected chi connectivity index (χ1v) is 13.5. The van der Waals surface area contributed by atoms with Crippen molar-refractivity contribution < 1.29 is 5.11 Å². The third-order valence-corrected chi connectivity index (χ3v) is 7.69. The second kappa shape index (κ2) is 11.2. The lowest BCUT2D eigenvalue weighted by atomic mass is 9.93. The number of aliphatic hydroxyl groups is 1. The maximum absolute atomic E-state index is 9.92. The molecular weight excluding hydrogens is 438 g/mol. The second-order valence-corrected chi connectivity index (χ2v) is 11.0. The molecule has 1 atom stereocenters. The maximum Gasteiger partial charge on any atom is 0.224 e. The van der Waals surface area contributed by atoms with E-state index in [0.717, 1.165) is 81.4 Å². The highest BCUT2D eigenvalue weighted by Gasteiger charge is 2.25. The third-order valence-electron chi connectivity index (χ3n) is 7.69. The largest absolute Gasteiger partial charge is 0.393 e. The van der Waals surface area contributed by atoms with Gasteiger partial charge in [-0.05, 0) is 63.6 Å². The van der Waals surface area contributed by atoms with Gasteiger partial charge in [-0.1, -0.05) is 18.9 Å². The lowest BCUT2D eigenvalue weighted by molar-refractivity contribution is 0.126. The van der Waals surface area contributed by atoms with Crippen molar-refractivity contribution in [3.05, 3.63) is 30.1 Å². The van der Waals surface area contributed by atoms with Gasteiger partial charge in [-0.2, -0.15) is 4.98 Å². The van der Waals surface area contributed by atoms with E-state index in [-0.39, 0.29) is 6.10 Å². The van der Waals surface area contributed by atoms with Gasteiger partial charge in [0.05, 0.1) is 17.4 Å². The molecule has 190 valence electrons. The number of nitrogens with zero attached hydrogens (tertiary/aromatic N) is 5. The van der Waals surface area contributed by atoms with E-state index < -0.39 is 0 Å². The molecule has 0 radical (unpaired) electrons. The molecule has 0 aromatic carbocycles. The Balaban J connectivity index is 1.31. The van der Waals surface area contributed by atoms with Gasteiger partial charge in [0.25, 0.3) is 0 Å². The van der Waals surface area contributed by atoms with Crippen LogP contribution in [0.3, 0.4) is 0 Å². The Morgan fingerprint density at radius 2 is 1.77 bits per heavy atom. The van der Waals surface area contributed by atoms with Crippen LogP contribution in [0.15, 0.2) is 24.5 Å². The molecule has 0 spiro atoms. The molecule has 2 aliphatic carbocycles. The SMILES string of the molecule is C[C@H](CC1CC1)Nc1ncc(-c2ccc(CN3CCN(C)CC3)cn2)c(N[C@H]2CC[C@H](O)CC2)n1. The summed E-state index contributed by atoms with van der Waals surface area (Å²) in [5, 5.41) is 17.1. The molecule has 1 aliphatic heterocycles. The Morgan fingerprint density at radius 3 is 2.46 bits per heavy atom. The van der Waals surface area contributed by atoms with Gasteiger partial charge < -0.3 is 20.6 Å². The van der Waals surface area contributed by atoms with Gasteiger partial charge in [0.2, 0.25) is 5.95 Å². The molecule has 0 bridgehead atoms. The number of nitrogens with one attached hydrogen (secondary N) is 2. The first-order chi connectivity index (χ1) is 17.0. The van der Waals surface area contributed by atoms with E-state index in [0.29, 0.717) is 18.0 Å². The average molecular weight is 480 g/mol. The molecule has 2 aromatic heterocycles. The number of aromatic nitrogens is 3. The normalized spacial score (nSPS) is 24.8. The van der Waals surface area contributed by atoms with Crippen LogP contribution in [0.4, 0.5) is 11.8 Å². The van der Waals surface area contributed by atoms with Crippen LogP contribution >= 0.6 is 0 Å². The van der Waals surface area contributed by atoms with Crippen LogP contribution in [0.2, 0.25) is 0 Å². The van der Waals surface area contributed by atoms with E-state index in [1.54, 1.807) is 0 Å². The molecule has 0 amide bonds. The first-order valence-electron chi connectivity index (χ1n) is 13.5. The van der Waals surface area contributed by atoms with Crippen molar-refractivity contribution in [3.63, 3.8) is 0 Å². The summed E-state index contributed by atoms with van der Waals surface area (Å²) >= 11 is 0. The Labute approximate surface area is 209 Å². The molecular formula is C27H41N7O. The van der Waals surface area contributed by atoms with Crippen LogP contribution in [0.5, 0.6) is 0 Å². The van der Waals surface area contributed by atoms with Crippen molar-refractivity contribution in [3.8, 4) is 11.3 Å². The number of likely N-dealkylation sites (N-methyl/N-ethyl adjacent to an activating group) is 1. The van der Waals surface area contributed by atoms with Gasteiger partial charge in [0.15, 0.2) is 0 Å². The Bertz CT molecular complexity index is 949. The van der Waals surface area contributed by atoms with E-state index in [4.69, 9.17) is 9.97 Å². The number of aliphatic hydroxyl groups excluding tert-OH is 1. The fourth-order valence-corrected chi connectivity index (χ4v) is 5.24. The zero-order chi connectivity index (χ0) is 24.2.